The van der Waals surface area contributed by atoms with Gasteiger partial charge in [-0.1, -0.05) is 55.8 Å². The van der Waals surface area contributed by atoms with Crippen molar-refractivity contribution in [3.8, 4) is 11.3 Å². The molecule has 2 atom stereocenters. The van der Waals surface area contributed by atoms with E-state index in [1.165, 1.54) is 6.07 Å². The lowest BCUT2D eigenvalue weighted by molar-refractivity contribution is -0.150. The Morgan fingerprint density at radius 3 is 2.53 bits per heavy atom. The van der Waals surface area contributed by atoms with Gasteiger partial charge in [0.05, 0.1) is 6.26 Å². The van der Waals surface area contributed by atoms with Crippen LogP contribution in [0.15, 0.2) is 65.3 Å². The van der Waals surface area contributed by atoms with Crippen LogP contribution in [-0.4, -0.2) is 46.8 Å². The molecule has 1 fully saturated rings. The van der Waals surface area contributed by atoms with Gasteiger partial charge in [-0.05, 0) is 37.6 Å². The Morgan fingerprint density at radius 2 is 1.86 bits per heavy atom. The minimum absolute atomic E-state index is 0.0492. The Morgan fingerprint density at radius 1 is 1.11 bits per heavy atom. The summed E-state index contributed by atoms with van der Waals surface area (Å²) in [6, 6.07) is 15.8. The molecule has 4 rings (SSSR count). The van der Waals surface area contributed by atoms with Crippen molar-refractivity contribution in [3.05, 3.63) is 83.4 Å². The summed E-state index contributed by atoms with van der Waals surface area (Å²) in [6.07, 6.45) is 1.63. The van der Waals surface area contributed by atoms with Gasteiger partial charge >= 0.3 is 0 Å². The molecule has 0 aliphatic carbocycles. The molecule has 6 nitrogen and oxygen atoms in total. The summed E-state index contributed by atoms with van der Waals surface area (Å²) in [4.78, 5) is 30.3. The molecule has 2 unspecified atom stereocenters. The zero-order chi connectivity index (χ0) is 25.8. The largest absolute Gasteiger partial charge is 0.464 e. The lowest BCUT2D eigenvalue weighted by Gasteiger charge is -2.45. The molecule has 7 heteroatoms. The molecule has 36 heavy (non-hydrogen) atoms. The monoisotopic (exact) mass is 491 g/mol. The van der Waals surface area contributed by atoms with Crippen LogP contribution in [0.25, 0.3) is 11.3 Å². The highest BCUT2D eigenvalue weighted by atomic mass is 19.1. The fourth-order valence-electron chi connectivity index (χ4n) is 4.79. The van der Waals surface area contributed by atoms with Gasteiger partial charge in [-0.15, -0.1) is 0 Å². The van der Waals surface area contributed by atoms with Crippen molar-refractivity contribution >= 4 is 11.8 Å². The van der Waals surface area contributed by atoms with Crippen molar-refractivity contribution in [3.63, 3.8) is 0 Å². The van der Waals surface area contributed by atoms with Crippen LogP contribution in [0.3, 0.4) is 0 Å². The van der Waals surface area contributed by atoms with Crippen LogP contribution < -0.4 is 5.32 Å². The number of benzene rings is 2. The van der Waals surface area contributed by atoms with Gasteiger partial charge in [0.1, 0.15) is 17.6 Å². The summed E-state index contributed by atoms with van der Waals surface area (Å²) in [5.41, 5.74) is 3.49. The van der Waals surface area contributed by atoms with E-state index in [9.17, 15) is 14.0 Å². The van der Waals surface area contributed by atoms with Crippen LogP contribution >= 0.6 is 0 Å². The molecule has 2 aromatic carbocycles. The SMILES string of the molecule is Cc1ccc(F)c(CN2CC(C)N(C(=O)C(C)C)C(C(=O)NCc3ccc(-c4ccco4)cc3)C2)c1. The van der Waals surface area contributed by atoms with Gasteiger partial charge in [0, 0.05) is 49.3 Å². The molecule has 0 radical (unpaired) electrons. The molecule has 0 spiro atoms. The van der Waals surface area contributed by atoms with Crippen molar-refractivity contribution in [2.45, 2.75) is 52.9 Å². The molecule has 0 saturated carbocycles. The number of aryl methyl sites for hydroxylation is 1. The number of furan rings is 1. The maximum Gasteiger partial charge on any atom is 0.244 e. The third-order valence-corrected chi connectivity index (χ3v) is 6.64. The molecule has 1 aliphatic heterocycles. The van der Waals surface area contributed by atoms with E-state index in [0.717, 1.165) is 22.5 Å². The third-order valence-electron chi connectivity index (χ3n) is 6.64. The van der Waals surface area contributed by atoms with Gasteiger partial charge in [-0.25, -0.2) is 4.39 Å². The smallest absolute Gasteiger partial charge is 0.244 e. The summed E-state index contributed by atoms with van der Waals surface area (Å²) >= 11 is 0. The maximum atomic E-state index is 14.4. The molecule has 1 aliphatic rings. The topological polar surface area (TPSA) is 65.8 Å². The van der Waals surface area contributed by atoms with E-state index in [4.69, 9.17) is 4.42 Å². The molecule has 2 amide bonds. The summed E-state index contributed by atoms with van der Waals surface area (Å²) in [6.45, 7) is 9.23. The van der Waals surface area contributed by atoms with Crippen LogP contribution in [0.2, 0.25) is 0 Å². The molecule has 190 valence electrons. The second kappa shape index (κ2) is 11.1. The van der Waals surface area contributed by atoms with Crippen molar-refractivity contribution in [2.24, 2.45) is 5.92 Å². The lowest BCUT2D eigenvalue weighted by Crippen LogP contribution is -2.64. The van der Waals surface area contributed by atoms with Gasteiger partial charge < -0.3 is 14.6 Å². The fraction of sp³-hybridized carbons (Fsp3) is 0.379. The van der Waals surface area contributed by atoms with Crippen LogP contribution in [0.1, 0.15) is 37.5 Å². The first-order chi connectivity index (χ1) is 17.2. The van der Waals surface area contributed by atoms with Crippen molar-refractivity contribution in [1.82, 2.24) is 15.1 Å². The van der Waals surface area contributed by atoms with Crippen LogP contribution in [0.5, 0.6) is 0 Å². The first kappa shape index (κ1) is 25.6. The number of hydrogen-bond acceptors (Lipinski definition) is 4. The number of carbonyl (C=O) groups is 2. The molecule has 1 aromatic heterocycles. The van der Waals surface area contributed by atoms with Crippen LogP contribution in [0.4, 0.5) is 4.39 Å². The third kappa shape index (κ3) is 5.85. The predicted molar refractivity (Wildman–Crippen MR) is 137 cm³/mol. The van der Waals surface area contributed by atoms with Crippen LogP contribution in [-0.2, 0) is 22.7 Å². The lowest BCUT2D eigenvalue weighted by atomic mass is 10.0. The summed E-state index contributed by atoms with van der Waals surface area (Å²) in [5.74, 6) is 0.0487. The Bertz CT molecular complexity index is 1190. The van der Waals surface area contributed by atoms with Gasteiger partial charge in [0.25, 0.3) is 0 Å². The molecule has 1 N–H and O–H groups in total. The minimum atomic E-state index is -0.654. The van der Waals surface area contributed by atoms with Crippen molar-refractivity contribution in [1.29, 1.82) is 0 Å². The Labute approximate surface area is 212 Å². The number of nitrogens with one attached hydrogen (secondary N) is 1. The van der Waals surface area contributed by atoms with Gasteiger partial charge in [0.2, 0.25) is 11.8 Å². The van der Waals surface area contributed by atoms with Crippen molar-refractivity contribution < 1.29 is 18.4 Å². The minimum Gasteiger partial charge on any atom is -0.464 e. The van der Waals surface area contributed by atoms with E-state index in [2.05, 4.69) is 10.2 Å². The summed E-state index contributed by atoms with van der Waals surface area (Å²) < 4.78 is 19.9. The summed E-state index contributed by atoms with van der Waals surface area (Å²) in [5, 5.41) is 3.02. The molecule has 0 bridgehead atoms. The highest BCUT2D eigenvalue weighted by Crippen LogP contribution is 2.23. The standard InChI is InChI=1S/C29H34FN3O3/c1-19(2)29(35)33-21(4)16-32(17-24-14-20(3)7-12-25(24)30)18-26(33)28(34)31-15-22-8-10-23(11-9-22)27-6-5-13-36-27/h5-14,19,21,26H,15-18H2,1-4H3,(H,31,34). The quantitative estimate of drug-likeness (QED) is 0.517. The van der Waals surface area contributed by atoms with E-state index < -0.39 is 6.04 Å². The Kier molecular flexibility index (Phi) is 7.89. The number of rotatable bonds is 7. The predicted octanol–water partition coefficient (Wildman–Crippen LogP) is 4.77. The fourth-order valence-corrected chi connectivity index (χ4v) is 4.79. The van der Waals surface area contributed by atoms with Gasteiger partial charge in [0.15, 0.2) is 0 Å². The average Bonchev–Trinajstić information content (AvgIpc) is 3.39. The van der Waals surface area contributed by atoms with E-state index in [0.29, 0.717) is 31.7 Å². The first-order valence-corrected chi connectivity index (χ1v) is 12.4. The molecular weight excluding hydrogens is 457 g/mol. The normalized spacial score (nSPS) is 18.4. The maximum absolute atomic E-state index is 14.4. The van der Waals surface area contributed by atoms with E-state index >= 15 is 0 Å². The molecule has 3 aromatic rings. The number of halogens is 1. The summed E-state index contributed by atoms with van der Waals surface area (Å²) in [7, 11) is 0. The zero-order valence-electron chi connectivity index (χ0n) is 21.3. The molecule has 1 saturated heterocycles. The highest BCUT2D eigenvalue weighted by Gasteiger charge is 2.40. The Hall–Kier alpha value is -3.45. The highest BCUT2D eigenvalue weighted by molar-refractivity contribution is 5.89. The number of hydrogen-bond donors (Lipinski definition) is 1. The van der Waals surface area contributed by atoms with Gasteiger partial charge in [-0.2, -0.15) is 0 Å². The Balaban J connectivity index is 1.48. The molecular formula is C29H34FN3O3. The van der Waals surface area contributed by atoms with Gasteiger partial charge in [-0.3, -0.25) is 14.5 Å². The van der Waals surface area contributed by atoms with Crippen molar-refractivity contribution in [2.75, 3.05) is 13.1 Å². The van der Waals surface area contributed by atoms with E-state index in [1.54, 1.807) is 17.2 Å². The second-order valence-electron chi connectivity index (χ2n) is 9.95. The zero-order valence-corrected chi connectivity index (χ0v) is 21.3. The number of piperazine rings is 1. The first-order valence-electron chi connectivity index (χ1n) is 12.4. The van der Waals surface area contributed by atoms with E-state index in [-0.39, 0.29) is 29.6 Å². The second-order valence-corrected chi connectivity index (χ2v) is 9.95. The number of nitrogens with zero attached hydrogens (tertiary/aromatic N) is 2. The molecule has 2 heterocycles. The van der Waals surface area contributed by atoms with Crippen LogP contribution in [0, 0.1) is 18.7 Å². The van der Waals surface area contributed by atoms with E-state index in [1.807, 2.05) is 70.2 Å². The average molecular weight is 492 g/mol. The number of amides is 2. The number of carbonyl (C=O) groups excluding carboxylic acids is 2.